The summed E-state index contributed by atoms with van der Waals surface area (Å²) in [7, 11) is 2.16. The highest BCUT2D eigenvalue weighted by molar-refractivity contribution is 5.77. The molecule has 1 saturated carbocycles. The van der Waals surface area contributed by atoms with Crippen molar-refractivity contribution in [1.29, 1.82) is 0 Å². The number of anilines is 5. The number of hydrogen-bond acceptors (Lipinski definition) is 9. The van der Waals surface area contributed by atoms with E-state index in [2.05, 4.69) is 54.5 Å². The van der Waals surface area contributed by atoms with Gasteiger partial charge in [-0.15, -0.1) is 0 Å². The van der Waals surface area contributed by atoms with Gasteiger partial charge in [-0.3, -0.25) is 4.57 Å². The smallest absolute Gasteiger partial charge is 0.407 e. The Balaban J connectivity index is 1.26. The quantitative estimate of drug-likeness (QED) is 0.223. The summed E-state index contributed by atoms with van der Waals surface area (Å²) in [4.78, 5) is 31.7. The molecule has 1 amide bonds. The zero-order chi connectivity index (χ0) is 31.6. The second kappa shape index (κ2) is 12.9. The third kappa shape index (κ3) is 7.62. The fourth-order valence-corrected chi connectivity index (χ4v) is 6.00. The predicted octanol–water partition coefficient (Wildman–Crippen LogP) is 6.21. The van der Waals surface area contributed by atoms with Crippen LogP contribution in [0.2, 0.25) is 0 Å². The number of carbonyl (C=O) groups is 1. The monoisotopic (exact) mass is 615 g/mol. The molecule has 12 heteroatoms. The van der Waals surface area contributed by atoms with Gasteiger partial charge in [0.15, 0.2) is 5.65 Å². The van der Waals surface area contributed by atoms with Crippen LogP contribution >= 0.6 is 0 Å². The lowest BCUT2D eigenvalue weighted by Gasteiger charge is -2.34. The average molecular weight is 616 g/mol. The molecule has 2 aliphatic rings. The molecule has 1 unspecified atom stereocenters. The second-order valence-corrected chi connectivity index (χ2v) is 13.0. The van der Waals surface area contributed by atoms with Crippen LogP contribution in [0.4, 0.5) is 38.1 Å². The Bertz CT molecular complexity index is 1610. The van der Waals surface area contributed by atoms with Gasteiger partial charge in [0.1, 0.15) is 16.9 Å². The van der Waals surface area contributed by atoms with Crippen LogP contribution in [0.5, 0.6) is 0 Å². The van der Waals surface area contributed by atoms with Crippen LogP contribution in [0.25, 0.3) is 11.2 Å². The zero-order valence-corrected chi connectivity index (χ0v) is 26.4. The summed E-state index contributed by atoms with van der Waals surface area (Å²) in [6, 6.07) is 14.5. The third-order valence-corrected chi connectivity index (χ3v) is 8.26. The third-order valence-electron chi connectivity index (χ3n) is 8.26. The lowest BCUT2D eigenvalue weighted by Crippen LogP contribution is -2.44. The van der Waals surface area contributed by atoms with Crippen LogP contribution in [-0.2, 0) is 4.74 Å². The number of imidazole rings is 1. The number of nitrogens with one attached hydrogen (secondary N) is 3. The van der Waals surface area contributed by atoms with Gasteiger partial charge in [0.25, 0.3) is 0 Å². The first kappa shape index (κ1) is 30.6. The van der Waals surface area contributed by atoms with Gasteiger partial charge in [-0.25, -0.2) is 19.2 Å². The number of hydrogen-bond donors (Lipinski definition) is 3. The highest BCUT2D eigenvalue weighted by Gasteiger charge is 2.30. The first-order valence-corrected chi connectivity index (χ1v) is 15.7. The molecule has 1 aliphatic carbocycles. The number of fused-ring (bicyclic) bond motifs is 1. The molecule has 0 spiro atoms. The number of carbonyl (C=O) groups excluding carboxylic acids is 1. The lowest BCUT2D eigenvalue weighted by molar-refractivity contribution is 0.0486. The maximum absolute atomic E-state index is 13.6. The van der Waals surface area contributed by atoms with Crippen molar-refractivity contribution in [3.63, 3.8) is 0 Å². The molecule has 11 nitrogen and oxygen atoms in total. The molecule has 2 fully saturated rings. The topological polar surface area (TPSA) is 112 Å². The highest BCUT2D eigenvalue weighted by Crippen LogP contribution is 2.35. The van der Waals surface area contributed by atoms with Crippen LogP contribution in [0.1, 0.15) is 52.5 Å². The van der Waals surface area contributed by atoms with Crippen molar-refractivity contribution in [1.82, 2.24) is 29.7 Å². The summed E-state index contributed by atoms with van der Waals surface area (Å²) in [6.07, 6.45) is 4.64. The number of halogens is 1. The Labute approximate surface area is 263 Å². The summed E-state index contributed by atoms with van der Waals surface area (Å²) >= 11 is 0. The number of amides is 1. The van der Waals surface area contributed by atoms with Crippen molar-refractivity contribution in [2.24, 2.45) is 0 Å². The van der Waals surface area contributed by atoms with Gasteiger partial charge in [0.05, 0.1) is 6.20 Å². The Hall–Kier alpha value is -4.45. The highest BCUT2D eigenvalue weighted by atomic mass is 19.1. The number of alkyl carbamates (subject to hydrolysis) is 1. The molecule has 3 heterocycles. The molecule has 4 aromatic rings. The number of rotatable bonds is 7. The van der Waals surface area contributed by atoms with Gasteiger partial charge >= 0.3 is 6.09 Å². The van der Waals surface area contributed by atoms with Crippen LogP contribution in [0.15, 0.2) is 54.7 Å². The minimum atomic E-state index is -0.573. The predicted molar refractivity (Wildman–Crippen MR) is 175 cm³/mol. The number of nitrogens with zero attached hydrogens (tertiary/aromatic N) is 6. The van der Waals surface area contributed by atoms with Crippen molar-refractivity contribution in [2.75, 3.05) is 48.8 Å². The Morgan fingerprint density at radius 1 is 0.933 bits per heavy atom. The first-order valence-electron chi connectivity index (χ1n) is 15.7. The molecular weight excluding hydrogens is 573 g/mol. The zero-order valence-electron chi connectivity index (χ0n) is 26.4. The first-order chi connectivity index (χ1) is 21.6. The van der Waals surface area contributed by atoms with E-state index in [0.717, 1.165) is 51.1 Å². The minimum absolute atomic E-state index is 0.00254. The van der Waals surface area contributed by atoms with Gasteiger partial charge in [-0.2, -0.15) is 4.98 Å². The molecule has 1 saturated heterocycles. The van der Waals surface area contributed by atoms with E-state index < -0.39 is 11.7 Å². The maximum atomic E-state index is 13.6. The lowest BCUT2D eigenvalue weighted by atomic mass is 9.91. The summed E-state index contributed by atoms with van der Waals surface area (Å²) in [5, 5.41) is 9.78. The molecule has 0 radical (unpaired) electrons. The molecule has 1 aliphatic heterocycles. The van der Waals surface area contributed by atoms with Gasteiger partial charge in [0, 0.05) is 55.3 Å². The summed E-state index contributed by atoms with van der Waals surface area (Å²) in [5.41, 5.74) is 3.54. The van der Waals surface area contributed by atoms with Gasteiger partial charge in [-0.05, 0) is 102 Å². The van der Waals surface area contributed by atoms with Crippen LogP contribution < -0.4 is 20.9 Å². The fraction of sp³-hybridized carbons (Fsp3) is 0.455. The number of likely N-dealkylation sites (N-methyl/N-ethyl adjacent to an activating group) is 1. The van der Waals surface area contributed by atoms with Crippen molar-refractivity contribution >= 4 is 46.2 Å². The van der Waals surface area contributed by atoms with E-state index >= 15 is 0 Å². The molecule has 2 aromatic heterocycles. The Kier molecular flexibility index (Phi) is 8.75. The van der Waals surface area contributed by atoms with E-state index in [4.69, 9.17) is 14.7 Å². The van der Waals surface area contributed by atoms with Gasteiger partial charge < -0.3 is 30.5 Å². The molecule has 6 rings (SSSR count). The maximum Gasteiger partial charge on any atom is 0.407 e. The Morgan fingerprint density at radius 3 is 2.33 bits per heavy atom. The van der Waals surface area contributed by atoms with Crippen molar-refractivity contribution in [3.05, 3.63) is 60.5 Å². The largest absolute Gasteiger partial charge is 0.444 e. The fourth-order valence-electron chi connectivity index (χ4n) is 6.00. The summed E-state index contributed by atoms with van der Waals surface area (Å²) < 4.78 is 21.3. The van der Waals surface area contributed by atoms with Crippen LogP contribution in [0.3, 0.4) is 0 Å². The van der Waals surface area contributed by atoms with Crippen molar-refractivity contribution in [3.8, 4) is 0 Å². The SMILES string of the molecule is CN1CCN(c2ccc(Nc3ncc4nc(Nc5ccc(F)cc5)n([C@@H]5CCCC(NC(=O)OC(C)(C)C)C5)c4n3)cc2)CC1. The molecular formula is C33H42FN9O2. The van der Waals surface area contributed by atoms with E-state index in [1.807, 2.05) is 32.9 Å². The molecule has 2 aromatic carbocycles. The molecule has 3 N–H and O–H groups in total. The van der Waals surface area contributed by atoms with E-state index in [1.165, 1.54) is 17.8 Å². The molecule has 238 valence electrons. The van der Waals surface area contributed by atoms with Crippen LogP contribution in [0, 0.1) is 5.82 Å². The van der Waals surface area contributed by atoms with E-state index in [-0.39, 0.29) is 17.9 Å². The average Bonchev–Trinajstić information content (AvgIpc) is 3.35. The van der Waals surface area contributed by atoms with E-state index in [9.17, 15) is 9.18 Å². The Morgan fingerprint density at radius 2 is 1.62 bits per heavy atom. The number of aromatic nitrogens is 4. The standard InChI is InChI=1S/C33H42FN9O2/c1-33(2,3)45-32(44)38-25-6-5-7-27(20-25)43-29-28(39-31(43)37-24-10-8-22(34)9-11-24)21-35-30(40-29)36-23-12-14-26(15-13-23)42-18-16-41(4)17-19-42/h8-15,21,25,27H,5-7,16-20H2,1-4H3,(H,37,39)(H,38,44)(H,35,36,40)/t25?,27-/m1/s1. The number of benzene rings is 2. The van der Waals surface area contributed by atoms with Gasteiger partial charge in [0.2, 0.25) is 11.9 Å². The number of piperazine rings is 1. The second-order valence-electron chi connectivity index (χ2n) is 13.0. The van der Waals surface area contributed by atoms with Crippen LogP contribution in [-0.4, -0.2) is 75.4 Å². The molecule has 0 bridgehead atoms. The summed E-state index contributed by atoms with van der Waals surface area (Å²) in [6.45, 7) is 9.70. The van der Waals surface area contributed by atoms with Crippen molar-refractivity contribution in [2.45, 2.75) is 64.1 Å². The molecule has 45 heavy (non-hydrogen) atoms. The minimum Gasteiger partial charge on any atom is -0.444 e. The summed E-state index contributed by atoms with van der Waals surface area (Å²) in [5.74, 6) is 0.738. The number of ether oxygens (including phenoxy) is 1. The van der Waals surface area contributed by atoms with E-state index in [1.54, 1.807) is 18.3 Å². The molecule has 2 atom stereocenters. The van der Waals surface area contributed by atoms with Crippen molar-refractivity contribution < 1.29 is 13.9 Å². The van der Waals surface area contributed by atoms with E-state index in [0.29, 0.717) is 35.2 Å². The van der Waals surface area contributed by atoms with Gasteiger partial charge in [-0.1, -0.05) is 0 Å². The normalized spacial score (nSPS) is 19.4.